The maximum absolute atomic E-state index is 13.0. The first-order valence-electron chi connectivity index (χ1n) is 9.22. The minimum Gasteiger partial charge on any atom is -0.444 e. The largest absolute Gasteiger partial charge is 0.444 e. The van der Waals surface area contributed by atoms with Gasteiger partial charge in [0.05, 0.1) is 10.3 Å². The predicted molar refractivity (Wildman–Crippen MR) is 115 cm³/mol. The van der Waals surface area contributed by atoms with Crippen LogP contribution in [0.4, 0.5) is 4.79 Å². The van der Waals surface area contributed by atoms with Crippen LogP contribution in [0.15, 0.2) is 14.5 Å². The van der Waals surface area contributed by atoms with Crippen molar-refractivity contribution < 1.29 is 22.7 Å². The van der Waals surface area contributed by atoms with E-state index in [0.29, 0.717) is 22.1 Å². The number of carbonyl (C=O) groups excluding carboxylic acids is 2. The molecule has 11 heteroatoms. The molecule has 1 amide bonds. The summed E-state index contributed by atoms with van der Waals surface area (Å²) in [6.07, 6.45) is -0.494. The zero-order valence-electron chi connectivity index (χ0n) is 17.5. The Morgan fingerprint density at radius 3 is 2.55 bits per heavy atom. The third-order valence-corrected chi connectivity index (χ3v) is 8.34. The third-order valence-electron chi connectivity index (χ3n) is 4.42. The summed E-state index contributed by atoms with van der Waals surface area (Å²) in [6.45, 7) is 9.83. The Kier molecular flexibility index (Phi) is 7.43. The summed E-state index contributed by atoms with van der Waals surface area (Å²) in [5, 5.41) is 8.08. The summed E-state index contributed by atoms with van der Waals surface area (Å²) < 4.78 is 29.2. The van der Waals surface area contributed by atoms with Crippen LogP contribution in [0, 0.1) is 5.92 Å². The number of primary sulfonamides is 1. The molecule has 0 spiro atoms. The monoisotopic (exact) mass is 463 g/mol. The lowest BCUT2D eigenvalue weighted by Crippen LogP contribution is -2.52. The Morgan fingerprint density at radius 1 is 1.41 bits per heavy atom. The molecule has 0 radical (unpaired) electrons. The molecule has 1 unspecified atom stereocenters. The maximum Gasteiger partial charge on any atom is 0.407 e. The number of carbonyl (C=O) groups is 2. The molecule has 1 aliphatic rings. The number of likely N-dealkylation sites (N-methyl/N-ethyl adjacent to an activating group) is 1. The van der Waals surface area contributed by atoms with Crippen LogP contribution < -0.4 is 10.5 Å². The van der Waals surface area contributed by atoms with Crippen LogP contribution in [-0.2, 0) is 14.8 Å². The van der Waals surface area contributed by atoms with Gasteiger partial charge in [-0.2, -0.15) is 0 Å². The van der Waals surface area contributed by atoms with Crippen molar-refractivity contribution in [2.24, 2.45) is 11.1 Å². The van der Waals surface area contributed by atoms with Gasteiger partial charge in [0.1, 0.15) is 9.81 Å². The molecule has 8 nitrogen and oxygen atoms in total. The number of ether oxygens (including phenoxy) is 1. The van der Waals surface area contributed by atoms with Crippen molar-refractivity contribution in [3.8, 4) is 0 Å². The molecule has 1 aromatic rings. The minimum atomic E-state index is -3.84. The zero-order chi connectivity index (χ0) is 22.1. The lowest BCUT2D eigenvalue weighted by molar-refractivity contribution is 0.0472. The van der Waals surface area contributed by atoms with E-state index in [0.717, 1.165) is 11.3 Å². The van der Waals surface area contributed by atoms with E-state index >= 15 is 0 Å². The molecule has 0 aliphatic carbocycles. The molecule has 1 aliphatic heterocycles. The molecule has 0 bridgehead atoms. The first-order valence-corrected chi connectivity index (χ1v) is 12.6. The van der Waals surface area contributed by atoms with Crippen LogP contribution in [0.25, 0.3) is 0 Å². The summed E-state index contributed by atoms with van der Waals surface area (Å²) in [7, 11) is -2.01. The Morgan fingerprint density at radius 2 is 2.03 bits per heavy atom. The molecule has 0 saturated heterocycles. The fourth-order valence-electron chi connectivity index (χ4n) is 2.83. The highest BCUT2D eigenvalue weighted by molar-refractivity contribution is 8.01. The van der Waals surface area contributed by atoms with E-state index in [1.807, 2.05) is 25.8 Å². The number of fused-ring (bicyclic) bond motifs is 1. The molecule has 2 atom stereocenters. The van der Waals surface area contributed by atoms with Gasteiger partial charge in [0.15, 0.2) is 5.78 Å². The molecule has 1 aromatic heterocycles. The lowest BCUT2D eigenvalue weighted by atomic mass is 10.0. The number of Topliss-reactive ketones (excluding diaryl/α,β-unsaturated/α-hetero) is 1. The van der Waals surface area contributed by atoms with E-state index < -0.39 is 27.8 Å². The summed E-state index contributed by atoms with van der Waals surface area (Å²) in [4.78, 5) is 27.0. The average molecular weight is 464 g/mol. The first kappa shape index (κ1) is 24.1. The third kappa shape index (κ3) is 6.42. The van der Waals surface area contributed by atoms with Gasteiger partial charge in [-0.05, 0) is 39.8 Å². The second-order valence-corrected chi connectivity index (χ2v) is 12.6. The zero-order valence-corrected chi connectivity index (χ0v) is 20.0. The fourth-order valence-corrected chi connectivity index (χ4v) is 6.35. The highest BCUT2D eigenvalue weighted by Gasteiger charge is 2.35. The van der Waals surface area contributed by atoms with Crippen LogP contribution in [0.1, 0.15) is 45.0 Å². The van der Waals surface area contributed by atoms with Crippen molar-refractivity contribution in [2.45, 2.75) is 60.7 Å². The summed E-state index contributed by atoms with van der Waals surface area (Å²) in [5.74, 6) is 0.499. The number of alkyl carbamates (subject to hydrolysis) is 1. The van der Waals surface area contributed by atoms with Crippen LogP contribution in [0.2, 0.25) is 0 Å². The fraction of sp³-hybridized carbons (Fsp3) is 0.667. The number of thiophene rings is 1. The maximum atomic E-state index is 13.0. The van der Waals surface area contributed by atoms with E-state index in [1.165, 1.54) is 17.8 Å². The molecule has 2 heterocycles. The highest BCUT2D eigenvalue weighted by Crippen LogP contribution is 2.39. The van der Waals surface area contributed by atoms with Crippen LogP contribution in [0.5, 0.6) is 0 Å². The number of amides is 1. The Bertz CT molecular complexity index is 874. The van der Waals surface area contributed by atoms with E-state index in [2.05, 4.69) is 5.32 Å². The Labute approximate surface area is 180 Å². The molecule has 164 valence electrons. The van der Waals surface area contributed by atoms with Crippen LogP contribution in [0.3, 0.4) is 0 Å². The predicted octanol–water partition coefficient (Wildman–Crippen LogP) is 2.53. The quantitative estimate of drug-likeness (QED) is 0.665. The number of hydrogen-bond acceptors (Lipinski definition) is 8. The first-order chi connectivity index (χ1) is 13.2. The SMILES string of the molecule is CC(C)[C@@H](CN(C)C1CSc2sc(S(N)(=O)=O)cc2C1=O)NC(=O)OC(C)(C)C. The number of sulfonamides is 1. The Hall–Kier alpha value is -1.14. The Balaban J connectivity index is 2.11. The van der Waals surface area contributed by atoms with E-state index in [9.17, 15) is 18.0 Å². The van der Waals surface area contributed by atoms with Gasteiger partial charge in [-0.3, -0.25) is 9.69 Å². The average Bonchev–Trinajstić information content (AvgIpc) is 2.98. The molecule has 2 rings (SSSR count). The van der Waals surface area contributed by atoms with E-state index in [4.69, 9.17) is 9.88 Å². The van der Waals surface area contributed by atoms with Gasteiger partial charge in [-0.25, -0.2) is 18.4 Å². The van der Waals surface area contributed by atoms with Crippen molar-refractivity contribution in [1.29, 1.82) is 0 Å². The van der Waals surface area contributed by atoms with Gasteiger partial charge >= 0.3 is 6.09 Å². The number of nitrogens with zero attached hydrogens (tertiary/aromatic N) is 1. The number of rotatable bonds is 6. The van der Waals surface area contributed by atoms with Gasteiger partial charge < -0.3 is 10.1 Å². The standard InChI is InChI=1S/C18H29N3O5S3/c1-10(2)12(20-17(23)26-18(3,4)5)8-21(6)13-9-27-16-11(15(13)22)7-14(28-16)29(19,24)25/h7,10,12-13H,8-9H2,1-6H3,(H,20,23)(H2,19,24,25)/t12-,13?/m1/s1. The lowest BCUT2D eigenvalue weighted by Gasteiger charge is -2.34. The van der Waals surface area contributed by atoms with Crippen molar-refractivity contribution in [3.05, 3.63) is 11.6 Å². The van der Waals surface area contributed by atoms with Crippen LogP contribution >= 0.6 is 23.1 Å². The van der Waals surface area contributed by atoms with Gasteiger partial charge in [0, 0.05) is 23.9 Å². The van der Waals surface area contributed by atoms with Crippen LogP contribution in [-0.4, -0.2) is 62.2 Å². The second-order valence-electron chi connectivity index (χ2n) is 8.44. The highest BCUT2D eigenvalue weighted by atomic mass is 32.3. The van der Waals surface area contributed by atoms with Gasteiger partial charge in [-0.15, -0.1) is 23.1 Å². The smallest absolute Gasteiger partial charge is 0.407 e. The van der Waals surface area contributed by atoms with Crippen molar-refractivity contribution >= 4 is 45.0 Å². The summed E-state index contributed by atoms with van der Waals surface area (Å²) >= 11 is 2.48. The molecule has 0 saturated carbocycles. The normalized spacial score (nSPS) is 18.7. The van der Waals surface area contributed by atoms with Gasteiger partial charge in [0.25, 0.3) is 0 Å². The van der Waals surface area contributed by atoms with Crippen molar-refractivity contribution in [2.75, 3.05) is 19.3 Å². The van der Waals surface area contributed by atoms with Gasteiger partial charge in [-0.1, -0.05) is 13.8 Å². The van der Waals surface area contributed by atoms with Gasteiger partial charge in [0.2, 0.25) is 10.0 Å². The molecule has 29 heavy (non-hydrogen) atoms. The number of hydrogen-bond donors (Lipinski definition) is 2. The number of nitrogens with one attached hydrogen (secondary N) is 1. The number of nitrogens with two attached hydrogens (primary N) is 1. The molecular weight excluding hydrogens is 434 g/mol. The van der Waals surface area contributed by atoms with Crippen molar-refractivity contribution in [3.63, 3.8) is 0 Å². The second kappa shape index (κ2) is 8.93. The molecular formula is C18H29N3O5S3. The molecule has 0 fully saturated rings. The molecule has 3 N–H and O–H groups in total. The van der Waals surface area contributed by atoms with E-state index in [1.54, 1.807) is 20.8 Å². The number of thioether (sulfide) groups is 1. The summed E-state index contributed by atoms with van der Waals surface area (Å²) in [6, 6.07) is 0.734. The minimum absolute atomic E-state index is 0.00157. The van der Waals surface area contributed by atoms with E-state index in [-0.39, 0.29) is 22.0 Å². The number of ketones is 1. The topological polar surface area (TPSA) is 119 Å². The van der Waals surface area contributed by atoms with Crippen molar-refractivity contribution in [1.82, 2.24) is 10.2 Å². The summed E-state index contributed by atoms with van der Waals surface area (Å²) in [5.41, 5.74) is -0.197. The molecule has 0 aromatic carbocycles.